The van der Waals surface area contributed by atoms with E-state index in [4.69, 9.17) is 17.7 Å². The maximum absolute atomic E-state index is 6.45. The van der Waals surface area contributed by atoms with Crippen LogP contribution in [0.5, 0.6) is 0 Å². The van der Waals surface area contributed by atoms with Crippen molar-refractivity contribution < 1.29 is 17.7 Å². The van der Waals surface area contributed by atoms with Crippen molar-refractivity contribution in [2.24, 2.45) is 0 Å². The van der Waals surface area contributed by atoms with E-state index in [2.05, 4.69) is 45.8 Å². The minimum atomic E-state index is -1.99. The zero-order valence-corrected chi connectivity index (χ0v) is 17.2. The highest BCUT2D eigenvalue weighted by Gasteiger charge is 2.37. The first-order valence-electron chi connectivity index (χ1n) is 7.59. The smallest absolute Gasteiger partial charge is 0.311 e. The van der Waals surface area contributed by atoms with Gasteiger partial charge in [0.15, 0.2) is 16.6 Å². The van der Waals surface area contributed by atoms with Crippen LogP contribution in [0.2, 0.25) is 51.9 Å². The number of epoxide rings is 1. The Morgan fingerprint density at radius 2 is 1.50 bits per heavy atom. The molecule has 0 radical (unpaired) electrons. The van der Waals surface area contributed by atoms with E-state index in [1.54, 1.807) is 0 Å². The first kappa shape index (κ1) is 24.7. The normalized spacial score (nSPS) is 18.4. The maximum Gasteiger partial charge on any atom is 0.311 e. The van der Waals surface area contributed by atoms with Gasteiger partial charge in [0.1, 0.15) is 6.10 Å². The van der Waals surface area contributed by atoms with Gasteiger partial charge in [-0.1, -0.05) is 14.9 Å². The van der Waals surface area contributed by atoms with Crippen molar-refractivity contribution >= 4 is 25.2 Å². The van der Waals surface area contributed by atoms with E-state index in [0.717, 1.165) is 32.3 Å². The van der Waals surface area contributed by atoms with Gasteiger partial charge in [0.05, 0.1) is 13.2 Å². The summed E-state index contributed by atoms with van der Waals surface area (Å²) in [4.78, 5) is 0. The van der Waals surface area contributed by atoms with E-state index >= 15 is 0 Å². The number of ether oxygens (including phenoxy) is 2. The molecule has 1 aliphatic rings. The molecule has 22 heavy (non-hydrogen) atoms. The van der Waals surface area contributed by atoms with Crippen LogP contribution in [-0.4, -0.2) is 51.1 Å². The number of hydrogen-bond donors (Lipinski definition) is 0. The third kappa shape index (κ3) is 13.0. The van der Waals surface area contributed by atoms with E-state index in [1.165, 1.54) is 0 Å². The molecule has 1 rings (SSSR count). The Balaban J connectivity index is 0. The summed E-state index contributed by atoms with van der Waals surface area (Å²) >= 11 is 0. The molecule has 1 fully saturated rings. The topological polar surface area (TPSA) is 40.2 Å². The van der Waals surface area contributed by atoms with Crippen LogP contribution in [0.3, 0.4) is 0 Å². The molecule has 0 aromatic heterocycles. The monoisotopic (exact) mass is 368 g/mol. The Kier molecular flexibility index (Phi) is 10.9. The van der Waals surface area contributed by atoms with Gasteiger partial charge < -0.3 is 17.7 Å². The molecule has 136 valence electrons. The fourth-order valence-corrected chi connectivity index (χ4v) is 15.6. The molecule has 1 atom stereocenters. The van der Waals surface area contributed by atoms with E-state index in [0.29, 0.717) is 6.10 Å². The van der Waals surface area contributed by atoms with Crippen LogP contribution in [0, 0.1) is 0 Å². The van der Waals surface area contributed by atoms with E-state index < -0.39 is 25.2 Å². The Hall–Kier alpha value is 0.491. The van der Waals surface area contributed by atoms with Crippen LogP contribution >= 0.6 is 0 Å². The molecule has 0 aliphatic carbocycles. The fraction of sp³-hybridized carbons (Fsp3) is 1.00. The van der Waals surface area contributed by atoms with E-state index in [-0.39, 0.29) is 14.9 Å². The molecule has 1 saturated heterocycles. The third-order valence-electron chi connectivity index (χ3n) is 2.85. The van der Waals surface area contributed by atoms with Gasteiger partial charge in [-0.15, -0.1) is 0 Å². The second-order valence-electron chi connectivity index (χ2n) is 7.61. The summed E-state index contributed by atoms with van der Waals surface area (Å²) in [5, 5.41) is 0. The highest BCUT2D eigenvalue weighted by atomic mass is 28.5. The van der Waals surface area contributed by atoms with Crippen LogP contribution in [0.4, 0.5) is 0 Å². The van der Waals surface area contributed by atoms with Crippen molar-refractivity contribution in [3.05, 3.63) is 0 Å². The molecule has 0 saturated carbocycles. The lowest BCUT2D eigenvalue weighted by Crippen LogP contribution is -2.51. The number of hydrogen-bond acceptors (Lipinski definition) is 4. The zero-order chi connectivity index (χ0) is 15.4. The zero-order valence-electron chi connectivity index (χ0n) is 14.2. The Bertz CT molecular complexity index is 300. The minimum Gasteiger partial charge on any atom is -0.437 e. The molecule has 0 spiro atoms. The van der Waals surface area contributed by atoms with Gasteiger partial charge in [-0.25, -0.2) is 0 Å². The van der Waals surface area contributed by atoms with Crippen molar-refractivity contribution in [2.45, 2.75) is 79.3 Å². The average molecular weight is 369 g/mol. The van der Waals surface area contributed by atoms with Gasteiger partial charge in [0.2, 0.25) is 0 Å². The van der Waals surface area contributed by atoms with Gasteiger partial charge >= 0.3 is 8.56 Å². The highest BCUT2D eigenvalue weighted by molar-refractivity contribution is 6.87. The fourth-order valence-electron chi connectivity index (χ4n) is 2.45. The molecular formula is C15H40O4Si3. The quantitative estimate of drug-likeness (QED) is 0.314. The largest absolute Gasteiger partial charge is 0.437 e. The molecule has 0 N–H and O–H groups in total. The standard InChI is InChI=1S/C13H32O4Si3.2CH4/c1-18(2,3)16-20(6,7)17-19(4,5)10-8-9-14-11-13-12-15-13;;/h13H,8-12H2,1-7H3;2*1H4. The van der Waals surface area contributed by atoms with Crippen LogP contribution in [0.25, 0.3) is 0 Å². The predicted octanol–water partition coefficient (Wildman–Crippen LogP) is 4.84. The average Bonchev–Trinajstić information content (AvgIpc) is 2.94. The second kappa shape index (κ2) is 9.71. The molecule has 1 heterocycles. The van der Waals surface area contributed by atoms with Crippen molar-refractivity contribution in [3.63, 3.8) is 0 Å². The van der Waals surface area contributed by atoms with Crippen LogP contribution in [-0.2, 0) is 17.7 Å². The SMILES string of the molecule is C.C.C[Si](C)(C)O[Si](C)(C)O[Si](C)(C)CCCOCC1CO1. The molecule has 0 bridgehead atoms. The summed E-state index contributed by atoms with van der Waals surface area (Å²) in [7, 11) is -5.16. The van der Waals surface area contributed by atoms with Crippen LogP contribution in [0.15, 0.2) is 0 Å². The first-order valence-corrected chi connectivity index (χ1v) is 16.9. The van der Waals surface area contributed by atoms with Crippen molar-refractivity contribution in [3.8, 4) is 0 Å². The molecule has 1 unspecified atom stereocenters. The Morgan fingerprint density at radius 3 is 1.95 bits per heavy atom. The summed E-state index contributed by atoms with van der Waals surface area (Å²) < 4.78 is 23.4. The van der Waals surface area contributed by atoms with E-state index in [1.807, 2.05) is 0 Å². The van der Waals surface area contributed by atoms with Gasteiger partial charge in [-0.2, -0.15) is 0 Å². The Labute approximate surface area is 142 Å². The summed E-state index contributed by atoms with van der Waals surface area (Å²) in [6.45, 7) is 18.1. The van der Waals surface area contributed by atoms with Crippen molar-refractivity contribution in [2.75, 3.05) is 19.8 Å². The van der Waals surface area contributed by atoms with Crippen LogP contribution in [0.1, 0.15) is 21.3 Å². The number of rotatable bonds is 10. The molecule has 0 amide bonds. The molecule has 0 aromatic rings. The minimum absolute atomic E-state index is 0. The Morgan fingerprint density at radius 1 is 0.955 bits per heavy atom. The third-order valence-corrected chi connectivity index (χ3v) is 13.0. The molecule has 7 heteroatoms. The van der Waals surface area contributed by atoms with Crippen molar-refractivity contribution in [1.29, 1.82) is 0 Å². The van der Waals surface area contributed by atoms with Crippen LogP contribution < -0.4 is 0 Å². The summed E-state index contributed by atoms with van der Waals surface area (Å²) in [6, 6.07) is 1.13. The first-order chi connectivity index (χ1) is 8.99. The molecule has 1 aliphatic heterocycles. The van der Waals surface area contributed by atoms with Gasteiger partial charge in [0.25, 0.3) is 0 Å². The van der Waals surface area contributed by atoms with Gasteiger partial charge in [0, 0.05) is 6.61 Å². The lowest BCUT2D eigenvalue weighted by molar-refractivity contribution is 0.116. The van der Waals surface area contributed by atoms with E-state index in [9.17, 15) is 0 Å². The van der Waals surface area contributed by atoms with Gasteiger partial charge in [-0.3, -0.25) is 0 Å². The molecule has 0 aromatic carbocycles. The summed E-state index contributed by atoms with van der Waals surface area (Å²) in [6.07, 6.45) is 1.44. The second-order valence-corrected chi connectivity index (χ2v) is 20.3. The summed E-state index contributed by atoms with van der Waals surface area (Å²) in [5.74, 6) is 0. The van der Waals surface area contributed by atoms with Gasteiger partial charge in [-0.05, 0) is 58.3 Å². The molecule has 4 nitrogen and oxygen atoms in total. The summed E-state index contributed by atoms with van der Waals surface area (Å²) in [5.41, 5.74) is 0. The highest BCUT2D eigenvalue weighted by Crippen LogP contribution is 2.23. The maximum atomic E-state index is 6.45. The predicted molar refractivity (Wildman–Crippen MR) is 104 cm³/mol. The lowest BCUT2D eigenvalue weighted by atomic mass is 10.5. The molecular weight excluding hydrogens is 328 g/mol. The van der Waals surface area contributed by atoms with Crippen molar-refractivity contribution in [1.82, 2.24) is 0 Å². The lowest BCUT2D eigenvalue weighted by Gasteiger charge is -2.37.